The average molecular weight is 331 g/mol. The molecule has 1 heterocycles. The number of hydrogen-bond acceptors (Lipinski definition) is 3. The maximum absolute atomic E-state index is 13.1. The Bertz CT molecular complexity index is 742. The molecule has 23 heavy (non-hydrogen) atoms. The molecule has 0 N–H and O–H groups in total. The Hall–Kier alpha value is -2.09. The van der Waals surface area contributed by atoms with Gasteiger partial charge in [0.1, 0.15) is 18.0 Å². The van der Waals surface area contributed by atoms with E-state index in [1.807, 2.05) is 6.92 Å². The lowest BCUT2D eigenvalue weighted by molar-refractivity contribution is -0.0174. The monoisotopic (exact) mass is 330 g/mol. The van der Waals surface area contributed by atoms with Crippen LogP contribution in [0, 0.1) is 17.1 Å². The zero-order valence-electron chi connectivity index (χ0n) is 12.7. The Balaban J connectivity index is 1.93. The highest BCUT2D eigenvalue weighted by Crippen LogP contribution is 2.35. The summed E-state index contributed by atoms with van der Waals surface area (Å²) in [6.07, 6.45) is -0.219. The molecule has 0 amide bonds. The first-order valence-corrected chi connectivity index (χ1v) is 7.80. The molecule has 118 valence electrons. The number of anilines is 1. The number of morpholine rings is 1. The average Bonchev–Trinajstić information content (AvgIpc) is 2.54. The third kappa shape index (κ3) is 3.31. The molecule has 1 aliphatic rings. The van der Waals surface area contributed by atoms with Gasteiger partial charge < -0.3 is 9.64 Å². The van der Waals surface area contributed by atoms with Crippen LogP contribution in [0.15, 0.2) is 42.5 Å². The maximum atomic E-state index is 13.1. The van der Waals surface area contributed by atoms with E-state index in [2.05, 4.69) is 11.0 Å². The molecule has 2 unspecified atom stereocenters. The number of halogens is 2. The molecule has 5 heteroatoms. The van der Waals surface area contributed by atoms with Crippen molar-refractivity contribution in [2.45, 2.75) is 19.1 Å². The van der Waals surface area contributed by atoms with E-state index in [4.69, 9.17) is 16.3 Å². The summed E-state index contributed by atoms with van der Waals surface area (Å²) in [4.78, 5) is 2.07. The van der Waals surface area contributed by atoms with Crippen molar-refractivity contribution in [1.29, 1.82) is 5.26 Å². The molecular weight excluding hydrogens is 315 g/mol. The predicted molar refractivity (Wildman–Crippen MR) is 88.1 cm³/mol. The number of benzene rings is 2. The minimum atomic E-state index is -0.271. The first kappa shape index (κ1) is 15.8. The zero-order chi connectivity index (χ0) is 16.4. The number of hydrogen-bond donors (Lipinski definition) is 0. The third-order valence-electron chi connectivity index (χ3n) is 3.93. The highest BCUT2D eigenvalue weighted by Gasteiger charge is 2.29. The minimum absolute atomic E-state index is 0.0263. The van der Waals surface area contributed by atoms with Crippen LogP contribution in [-0.2, 0) is 4.74 Å². The fourth-order valence-electron chi connectivity index (χ4n) is 2.92. The van der Waals surface area contributed by atoms with E-state index >= 15 is 0 Å². The van der Waals surface area contributed by atoms with Gasteiger partial charge in [0, 0.05) is 13.1 Å². The number of nitriles is 1. The van der Waals surface area contributed by atoms with Gasteiger partial charge in [-0.3, -0.25) is 0 Å². The lowest BCUT2D eigenvalue weighted by Crippen LogP contribution is -2.43. The summed E-state index contributed by atoms with van der Waals surface area (Å²) in [5, 5.41) is 9.90. The van der Waals surface area contributed by atoms with Crippen LogP contribution in [0.4, 0.5) is 10.1 Å². The van der Waals surface area contributed by atoms with Crippen LogP contribution >= 0.6 is 11.6 Å². The van der Waals surface area contributed by atoms with Crippen molar-refractivity contribution in [2.75, 3.05) is 18.0 Å². The van der Waals surface area contributed by atoms with Gasteiger partial charge in [0.2, 0.25) is 0 Å². The van der Waals surface area contributed by atoms with Crippen LogP contribution < -0.4 is 4.90 Å². The van der Waals surface area contributed by atoms with Crippen molar-refractivity contribution in [3.63, 3.8) is 0 Å². The molecule has 3 rings (SSSR count). The predicted octanol–water partition coefficient (Wildman–Crippen LogP) is 4.32. The summed E-state index contributed by atoms with van der Waals surface area (Å²) >= 11 is 6.32. The second kappa shape index (κ2) is 6.57. The van der Waals surface area contributed by atoms with E-state index in [0.717, 1.165) is 11.3 Å². The molecule has 1 saturated heterocycles. The van der Waals surface area contributed by atoms with Gasteiger partial charge in [0.05, 0.1) is 22.4 Å². The molecular formula is C18H16ClFN2O. The molecule has 0 radical (unpaired) electrons. The fourth-order valence-corrected chi connectivity index (χ4v) is 3.22. The van der Waals surface area contributed by atoms with Gasteiger partial charge in [-0.1, -0.05) is 29.8 Å². The van der Waals surface area contributed by atoms with E-state index in [0.29, 0.717) is 23.7 Å². The van der Waals surface area contributed by atoms with E-state index in [1.54, 1.807) is 30.3 Å². The number of para-hydroxylation sites is 1. The van der Waals surface area contributed by atoms with Crippen LogP contribution in [0.1, 0.15) is 24.2 Å². The van der Waals surface area contributed by atoms with E-state index < -0.39 is 0 Å². The fraction of sp³-hybridized carbons (Fsp3) is 0.278. The minimum Gasteiger partial charge on any atom is -0.367 e. The summed E-state index contributed by atoms with van der Waals surface area (Å²) in [5.41, 5.74) is 2.19. The highest BCUT2D eigenvalue weighted by atomic mass is 35.5. The van der Waals surface area contributed by atoms with Crippen molar-refractivity contribution in [3.05, 3.63) is 64.4 Å². The Kier molecular flexibility index (Phi) is 4.51. The Morgan fingerprint density at radius 1 is 1.22 bits per heavy atom. The smallest absolute Gasteiger partial charge is 0.123 e. The Morgan fingerprint density at radius 3 is 2.65 bits per heavy atom. The summed E-state index contributed by atoms with van der Waals surface area (Å²) in [6, 6.07) is 13.8. The summed E-state index contributed by atoms with van der Waals surface area (Å²) in [5.74, 6) is -0.271. The molecule has 2 aromatic rings. The Morgan fingerprint density at radius 2 is 1.96 bits per heavy atom. The number of rotatable bonds is 2. The first-order chi connectivity index (χ1) is 11.1. The second-order valence-corrected chi connectivity index (χ2v) is 6.05. The highest BCUT2D eigenvalue weighted by molar-refractivity contribution is 6.33. The van der Waals surface area contributed by atoms with Gasteiger partial charge in [-0.05, 0) is 36.8 Å². The van der Waals surface area contributed by atoms with Gasteiger partial charge in [0.15, 0.2) is 0 Å². The van der Waals surface area contributed by atoms with E-state index in [-0.39, 0.29) is 18.0 Å². The molecule has 0 spiro atoms. The number of ether oxygens (including phenoxy) is 1. The van der Waals surface area contributed by atoms with Crippen LogP contribution in [0.3, 0.4) is 0 Å². The summed E-state index contributed by atoms with van der Waals surface area (Å²) in [6.45, 7) is 3.19. The van der Waals surface area contributed by atoms with E-state index in [9.17, 15) is 9.65 Å². The van der Waals surface area contributed by atoms with Crippen molar-refractivity contribution in [1.82, 2.24) is 0 Å². The lowest BCUT2D eigenvalue weighted by Gasteiger charge is -2.39. The van der Waals surface area contributed by atoms with Crippen molar-refractivity contribution in [3.8, 4) is 6.07 Å². The second-order valence-electron chi connectivity index (χ2n) is 5.64. The van der Waals surface area contributed by atoms with Gasteiger partial charge >= 0.3 is 0 Å². The normalized spacial score (nSPS) is 21.0. The molecule has 0 aliphatic carbocycles. The Labute approximate surface area is 139 Å². The van der Waals surface area contributed by atoms with Gasteiger partial charge in [-0.25, -0.2) is 4.39 Å². The third-order valence-corrected chi connectivity index (χ3v) is 4.23. The van der Waals surface area contributed by atoms with Crippen molar-refractivity contribution >= 4 is 17.3 Å². The van der Waals surface area contributed by atoms with Crippen molar-refractivity contribution in [2.24, 2.45) is 0 Å². The summed E-state index contributed by atoms with van der Waals surface area (Å²) < 4.78 is 19.1. The lowest BCUT2D eigenvalue weighted by atomic mass is 10.0. The largest absolute Gasteiger partial charge is 0.367 e. The molecule has 3 nitrogen and oxygen atoms in total. The van der Waals surface area contributed by atoms with Crippen LogP contribution in [0.2, 0.25) is 5.02 Å². The molecule has 0 saturated carbocycles. The molecule has 0 bridgehead atoms. The maximum Gasteiger partial charge on any atom is 0.123 e. The summed E-state index contributed by atoms with van der Waals surface area (Å²) in [7, 11) is 0. The van der Waals surface area contributed by atoms with Crippen LogP contribution in [0.25, 0.3) is 0 Å². The molecule has 1 fully saturated rings. The zero-order valence-corrected chi connectivity index (χ0v) is 13.4. The van der Waals surface area contributed by atoms with Crippen LogP contribution in [0.5, 0.6) is 0 Å². The quantitative estimate of drug-likeness (QED) is 0.823. The van der Waals surface area contributed by atoms with Crippen molar-refractivity contribution < 1.29 is 9.13 Å². The topological polar surface area (TPSA) is 36.3 Å². The standard InChI is InChI=1S/C18H16ClFN2O/c1-12-10-22(18-14(9-21)3-2-4-16(18)19)11-17(23-12)13-5-7-15(20)8-6-13/h2-8,12,17H,10-11H2,1H3. The van der Waals surface area contributed by atoms with E-state index in [1.165, 1.54) is 12.1 Å². The molecule has 0 aromatic heterocycles. The first-order valence-electron chi connectivity index (χ1n) is 7.43. The number of nitrogens with zero attached hydrogens (tertiary/aromatic N) is 2. The van der Waals surface area contributed by atoms with Crippen LogP contribution in [-0.4, -0.2) is 19.2 Å². The van der Waals surface area contributed by atoms with Gasteiger partial charge in [-0.2, -0.15) is 5.26 Å². The van der Waals surface area contributed by atoms with Gasteiger partial charge in [-0.15, -0.1) is 0 Å². The van der Waals surface area contributed by atoms with Gasteiger partial charge in [0.25, 0.3) is 0 Å². The SMILES string of the molecule is CC1CN(c2c(Cl)cccc2C#N)CC(c2ccc(F)cc2)O1. The molecule has 2 aromatic carbocycles. The molecule has 1 aliphatic heterocycles. The molecule has 2 atom stereocenters.